The molecule has 1 aromatic heterocycles. The third-order valence-corrected chi connectivity index (χ3v) is 4.41. The van der Waals surface area contributed by atoms with E-state index < -0.39 is 27.9 Å². The SMILES string of the molecule is O=c1ccc2ccc(OS(=O)(=O)c3ccc(OC(F)(F)F)cc3)cc2o1. The van der Waals surface area contributed by atoms with Crippen molar-refractivity contribution in [2.45, 2.75) is 11.3 Å². The van der Waals surface area contributed by atoms with Crippen LogP contribution < -0.4 is 14.5 Å². The molecule has 0 atom stereocenters. The van der Waals surface area contributed by atoms with Gasteiger partial charge in [-0.05, 0) is 42.5 Å². The molecule has 3 rings (SSSR count). The van der Waals surface area contributed by atoms with E-state index in [-0.39, 0.29) is 16.2 Å². The Labute approximate surface area is 144 Å². The number of halogens is 3. The van der Waals surface area contributed by atoms with E-state index in [1.807, 2.05) is 0 Å². The Morgan fingerprint density at radius 1 is 0.885 bits per heavy atom. The predicted molar refractivity (Wildman–Crippen MR) is 83.4 cm³/mol. The summed E-state index contributed by atoms with van der Waals surface area (Å²) in [6.45, 7) is 0. The lowest BCUT2D eigenvalue weighted by Gasteiger charge is -2.10. The van der Waals surface area contributed by atoms with E-state index in [9.17, 15) is 26.4 Å². The molecule has 0 aliphatic rings. The number of ether oxygens (including phenoxy) is 1. The van der Waals surface area contributed by atoms with E-state index in [1.165, 1.54) is 30.3 Å². The van der Waals surface area contributed by atoms with Crippen LogP contribution in [0, 0.1) is 0 Å². The second kappa shape index (κ2) is 6.37. The van der Waals surface area contributed by atoms with Gasteiger partial charge in [-0.25, -0.2) is 4.79 Å². The molecule has 0 saturated carbocycles. The Morgan fingerprint density at radius 3 is 2.15 bits per heavy atom. The first-order valence-electron chi connectivity index (χ1n) is 6.97. The molecule has 0 saturated heterocycles. The van der Waals surface area contributed by atoms with Gasteiger partial charge in [0.15, 0.2) is 0 Å². The van der Waals surface area contributed by atoms with Crippen molar-refractivity contribution in [3.05, 3.63) is 65.0 Å². The molecule has 1 heterocycles. The van der Waals surface area contributed by atoms with Crippen LogP contribution in [-0.4, -0.2) is 14.8 Å². The van der Waals surface area contributed by atoms with Crippen molar-refractivity contribution < 1.29 is 34.9 Å². The van der Waals surface area contributed by atoms with Gasteiger partial charge in [-0.2, -0.15) is 8.42 Å². The molecular formula is C16H9F3O6S. The molecule has 0 amide bonds. The monoisotopic (exact) mass is 386 g/mol. The Hall–Kier alpha value is -3.01. The van der Waals surface area contributed by atoms with Crippen LogP contribution >= 0.6 is 0 Å². The maximum Gasteiger partial charge on any atom is 0.573 e. The zero-order valence-corrected chi connectivity index (χ0v) is 13.5. The zero-order valence-electron chi connectivity index (χ0n) is 12.7. The quantitative estimate of drug-likeness (QED) is 0.505. The van der Waals surface area contributed by atoms with E-state index in [0.717, 1.165) is 24.3 Å². The van der Waals surface area contributed by atoms with Crippen molar-refractivity contribution in [2.24, 2.45) is 0 Å². The van der Waals surface area contributed by atoms with Gasteiger partial charge in [0.2, 0.25) is 0 Å². The summed E-state index contributed by atoms with van der Waals surface area (Å²) in [5, 5.41) is 0.558. The van der Waals surface area contributed by atoms with Gasteiger partial charge in [0.25, 0.3) is 0 Å². The van der Waals surface area contributed by atoms with Crippen LogP contribution in [0.25, 0.3) is 11.0 Å². The molecule has 2 aromatic carbocycles. The molecule has 0 N–H and O–H groups in total. The Bertz CT molecular complexity index is 1100. The third-order valence-electron chi connectivity index (χ3n) is 3.15. The van der Waals surface area contributed by atoms with Gasteiger partial charge in [-0.15, -0.1) is 13.2 Å². The van der Waals surface area contributed by atoms with Gasteiger partial charge in [0, 0.05) is 17.5 Å². The first-order chi connectivity index (χ1) is 12.1. The van der Waals surface area contributed by atoms with Gasteiger partial charge >= 0.3 is 22.1 Å². The first kappa shape index (κ1) is 17.8. The van der Waals surface area contributed by atoms with Gasteiger partial charge in [-0.3, -0.25) is 0 Å². The van der Waals surface area contributed by atoms with Crippen molar-refractivity contribution in [3.63, 3.8) is 0 Å². The largest absolute Gasteiger partial charge is 0.573 e. The number of hydrogen-bond acceptors (Lipinski definition) is 6. The van der Waals surface area contributed by atoms with E-state index >= 15 is 0 Å². The van der Waals surface area contributed by atoms with Crippen LogP contribution in [-0.2, 0) is 10.1 Å². The summed E-state index contributed by atoms with van der Waals surface area (Å²) >= 11 is 0. The standard InChI is InChI=1S/C16H9F3O6S/c17-16(18,19)24-11-4-6-13(7-5-11)26(21,22)25-12-3-1-10-2-8-15(20)23-14(10)9-12/h1-9H. The maximum absolute atomic E-state index is 12.2. The molecule has 10 heteroatoms. The molecule has 0 bridgehead atoms. The highest BCUT2D eigenvalue weighted by atomic mass is 32.2. The normalized spacial score (nSPS) is 12.1. The topological polar surface area (TPSA) is 82.8 Å². The maximum atomic E-state index is 12.2. The number of benzene rings is 2. The lowest BCUT2D eigenvalue weighted by atomic mass is 10.2. The average Bonchev–Trinajstić information content (AvgIpc) is 2.53. The predicted octanol–water partition coefficient (Wildman–Crippen LogP) is 3.46. The molecule has 26 heavy (non-hydrogen) atoms. The molecule has 6 nitrogen and oxygen atoms in total. The summed E-state index contributed by atoms with van der Waals surface area (Å²) in [7, 11) is -4.31. The molecule has 3 aromatic rings. The minimum atomic E-state index is -4.88. The third kappa shape index (κ3) is 4.14. The Kier molecular flexibility index (Phi) is 4.36. The van der Waals surface area contributed by atoms with Crippen LogP contribution in [0.2, 0.25) is 0 Å². The lowest BCUT2D eigenvalue weighted by Crippen LogP contribution is -2.17. The number of rotatable bonds is 4. The Balaban J connectivity index is 1.85. The minimum absolute atomic E-state index is 0.123. The highest BCUT2D eigenvalue weighted by molar-refractivity contribution is 7.87. The summed E-state index contributed by atoms with van der Waals surface area (Å²) in [5.74, 6) is -0.689. The summed E-state index contributed by atoms with van der Waals surface area (Å²) < 4.78 is 74.3. The first-order valence-corrected chi connectivity index (χ1v) is 8.37. The molecule has 0 spiro atoms. The zero-order chi connectivity index (χ0) is 18.9. The van der Waals surface area contributed by atoms with Gasteiger partial charge < -0.3 is 13.3 Å². The fraction of sp³-hybridized carbons (Fsp3) is 0.0625. The molecule has 0 radical (unpaired) electrons. The summed E-state index contributed by atoms with van der Waals surface area (Å²) in [6, 6.07) is 10.3. The number of hydrogen-bond donors (Lipinski definition) is 0. The molecule has 136 valence electrons. The summed E-state index contributed by atoms with van der Waals surface area (Å²) in [4.78, 5) is 10.8. The second-order valence-electron chi connectivity index (χ2n) is 5.01. The molecule has 0 aliphatic carbocycles. The lowest BCUT2D eigenvalue weighted by molar-refractivity contribution is -0.274. The van der Waals surface area contributed by atoms with E-state index in [4.69, 9.17) is 8.60 Å². The highest BCUT2D eigenvalue weighted by Gasteiger charge is 2.31. The van der Waals surface area contributed by atoms with Crippen LogP contribution in [0.4, 0.5) is 13.2 Å². The number of fused-ring (bicyclic) bond motifs is 1. The summed E-state index contributed by atoms with van der Waals surface area (Å²) in [5.41, 5.74) is -0.489. The average molecular weight is 386 g/mol. The van der Waals surface area contributed by atoms with Crippen LogP contribution in [0.1, 0.15) is 0 Å². The van der Waals surface area contributed by atoms with Gasteiger partial charge in [0.1, 0.15) is 22.0 Å². The van der Waals surface area contributed by atoms with Crippen molar-refractivity contribution in [1.82, 2.24) is 0 Å². The van der Waals surface area contributed by atoms with Crippen molar-refractivity contribution >= 4 is 21.1 Å². The fourth-order valence-electron chi connectivity index (χ4n) is 2.08. The molecule has 0 fully saturated rings. The summed E-state index contributed by atoms with van der Waals surface area (Å²) in [6.07, 6.45) is -4.88. The molecular weight excluding hydrogens is 377 g/mol. The highest BCUT2D eigenvalue weighted by Crippen LogP contribution is 2.26. The van der Waals surface area contributed by atoms with Gasteiger partial charge in [0.05, 0.1) is 0 Å². The fourth-order valence-corrected chi connectivity index (χ4v) is 3.00. The van der Waals surface area contributed by atoms with E-state index in [0.29, 0.717) is 5.39 Å². The van der Waals surface area contributed by atoms with Crippen molar-refractivity contribution in [2.75, 3.05) is 0 Å². The van der Waals surface area contributed by atoms with Crippen molar-refractivity contribution in [1.29, 1.82) is 0 Å². The smallest absolute Gasteiger partial charge is 0.423 e. The Morgan fingerprint density at radius 2 is 1.50 bits per heavy atom. The van der Waals surface area contributed by atoms with Crippen LogP contribution in [0.5, 0.6) is 11.5 Å². The second-order valence-corrected chi connectivity index (χ2v) is 6.56. The van der Waals surface area contributed by atoms with Crippen LogP contribution in [0.3, 0.4) is 0 Å². The van der Waals surface area contributed by atoms with Gasteiger partial charge in [-0.1, -0.05) is 0 Å². The molecule has 0 aliphatic heterocycles. The van der Waals surface area contributed by atoms with Crippen molar-refractivity contribution in [3.8, 4) is 11.5 Å². The van der Waals surface area contributed by atoms with Crippen LogP contribution in [0.15, 0.2) is 68.7 Å². The minimum Gasteiger partial charge on any atom is -0.423 e. The number of alkyl halides is 3. The molecule has 0 unspecified atom stereocenters. The van der Waals surface area contributed by atoms with E-state index in [2.05, 4.69) is 4.74 Å². The van der Waals surface area contributed by atoms with E-state index in [1.54, 1.807) is 0 Å².